The van der Waals surface area contributed by atoms with Crippen molar-refractivity contribution in [1.82, 2.24) is 10.6 Å². The number of unbranched alkanes of at least 4 members (excludes halogenated alkanes) is 15. The molecule has 0 heterocycles. The summed E-state index contributed by atoms with van der Waals surface area (Å²) in [4.78, 5) is 25.0. The molecule has 0 saturated carbocycles. The molecule has 212 valence electrons. The Hall–Kier alpha value is -2.04. The molecule has 5 nitrogen and oxygen atoms in total. The molecule has 0 fully saturated rings. The second-order valence-electron chi connectivity index (χ2n) is 10.7. The lowest BCUT2D eigenvalue weighted by Crippen LogP contribution is -2.50. The van der Waals surface area contributed by atoms with Gasteiger partial charge in [-0.25, -0.2) is 4.79 Å². The standard InChI is InChI=1S/C32H56N2O3/c1-4-6-7-8-9-10-11-12-13-14-15-16-17-18-19-23-26-33-31(35)30(28(3)5-2)34-32(36)37-27-29-24-21-20-22-25-29/h20-22,24-25,28,30H,4-19,23,26-27H2,1-3H3,(H,33,35)(H,34,36)/t28?,30-/m0/s1. The van der Waals surface area contributed by atoms with Crippen LogP contribution in [0, 0.1) is 5.92 Å². The Morgan fingerprint density at radius 3 is 1.70 bits per heavy atom. The lowest BCUT2D eigenvalue weighted by Gasteiger charge is -2.23. The van der Waals surface area contributed by atoms with Gasteiger partial charge >= 0.3 is 6.09 Å². The lowest BCUT2D eigenvalue weighted by molar-refractivity contribution is -0.124. The number of amides is 2. The average Bonchev–Trinajstić information content (AvgIpc) is 2.92. The van der Waals surface area contributed by atoms with Crippen molar-refractivity contribution in [1.29, 1.82) is 0 Å². The van der Waals surface area contributed by atoms with Gasteiger partial charge in [0.05, 0.1) is 0 Å². The minimum Gasteiger partial charge on any atom is -0.445 e. The van der Waals surface area contributed by atoms with Crippen molar-refractivity contribution in [2.24, 2.45) is 5.92 Å². The molecule has 0 aliphatic carbocycles. The minimum absolute atomic E-state index is 0.0371. The van der Waals surface area contributed by atoms with Crippen LogP contribution < -0.4 is 10.6 Å². The summed E-state index contributed by atoms with van der Waals surface area (Å²) in [6, 6.07) is 8.98. The molecule has 1 aromatic rings. The first-order chi connectivity index (χ1) is 18.1. The number of nitrogens with one attached hydrogen (secondary N) is 2. The maximum atomic E-state index is 12.7. The molecule has 2 amide bonds. The smallest absolute Gasteiger partial charge is 0.408 e. The van der Waals surface area contributed by atoms with E-state index in [2.05, 4.69) is 17.6 Å². The predicted octanol–water partition coefficient (Wildman–Crippen LogP) is 8.71. The quantitative estimate of drug-likeness (QED) is 0.143. The Morgan fingerprint density at radius 2 is 1.22 bits per heavy atom. The molecule has 1 aromatic carbocycles. The summed E-state index contributed by atoms with van der Waals surface area (Å²) in [7, 11) is 0. The summed E-state index contributed by atoms with van der Waals surface area (Å²) in [6.45, 7) is 7.14. The van der Waals surface area contributed by atoms with Gasteiger partial charge in [0.25, 0.3) is 0 Å². The van der Waals surface area contributed by atoms with Crippen molar-refractivity contribution in [3.8, 4) is 0 Å². The van der Waals surface area contributed by atoms with Crippen LogP contribution in [0.25, 0.3) is 0 Å². The monoisotopic (exact) mass is 516 g/mol. The van der Waals surface area contributed by atoms with E-state index in [1.807, 2.05) is 44.2 Å². The summed E-state index contributed by atoms with van der Waals surface area (Å²) in [5.41, 5.74) is 0.922. The van der Waals surface area contributed by atoms with Crippen molar-refractivity contribution < 1.29 is 14.3 Å². The topological polar surface area (TPSA) is 67.4 Å². The van der Waals surface area contributed by atoms with E-state index in [0.717, 1.165) is 24.8 Å². The molecule has 0 spiro atoms. The van der Waals surface area contributed by atoms with Gasteiger partial charge in [0.1, 0.15) is 12.6 Å². The maximum Gasteiger partial charge on any atom is 0.408 e. The highest BCUT2D eigenvalue weighted by Crippen LogP contribution is 2.14. The fourth-order valence-corrected chi connectivity index (χ4v) is 4.59. The van der Waals surface area contributed by atoms with E-state index in [0.29, 0.717) is 6.54 Å². The highest BCUT2D eigenvalue weighted by molar-refractivity contribution is 5.85. The molecule has 0 aliphatic heterocycles. The summed E-state index contributed by atoms with van der Waals surface area (Å²) in [6.07, 6.45) is 21.6. The zero-order chi connectivity index (χ0) is 27.0. The zero-order valence-corrected chi connectivity index (χ0v) is 24.2. The first-order valence-corrected chi connectivity index (χ1v) is 15.3. The van der Waals surface area contributed by atoms with E-state index in [-0.39, 0.29) is 18.4 Å². The molecular formula is C32H56N2O3. The molecule has 0 bridgehead atoms. The molecule has 2 atom stereocenters. The Bertz CT molecular complexity index is 680. The van der Waals surface area contributed by atoms with E-state index in [9.17, 15) is 9.59 Å². The van der Waals surface area contributed by atoms with Crippen LogP contribution in [0.5, 0.6) is 0 Å². The molecule has 0 aromatic heterocycles. The Labute approximate surface area is 227 Å². The number of hydrogen-bond acceptors (Lipinski definition) is 3. The van der Waals surface area contributed by atoms with Crippen LogP contribution in [0.4, 0.5) is 4.79 Å². The number of rotatable bonds is 23. The van der Waals surface area contributed by atoms with Gasteiger partial charge in [0.2, 0.25) is 5.91 Å². The van der Waals surface area contributed by atoms with Crippen molar-refractivity contribution >= 4 is 12.0 Å². The van der Waals surface area contributed by atoms with Crippen LogP contribution >= 0.6 is 0 Å². The van der Waals surface area contributed by atoms with Gasteiger partial charge in [0, 0.05) is 6.54 Å². The number of carbonyl (C=O) groups excluding carboxylic acids is 2. The Morgan fingerprint density at radius 1 is 0.730 bits per heavy atom. The van der Waals surface area contributed by atoms with Crippen LogP contribution in [0.2, 0.25) is 0 Å². The van der Waals surface area contributed by atoms with Crippen LogP contribution in [-0.4, -0.2) is 24.6 Å². The van der Waals surface area contributed by atoms with Gasteiger partial charge in [-0.2, -0.15) is 0 Å². The van der Waals surface area contributed by atoms with E-state index < -0.39 is 12.1 Å². The highest BCUT2D eigenvalue weighted by atomic mass is 16.5. The Kier molecular flexibility index (Phi) is 20.6. The van der Waals surface area contributed by atoms with Crippen LogP contribution in [0.3, 0.4) is 0 Å². The van der Waals surface area contributed by atoms with Gasteiger partial charge < -0.3 is 15.4 Å². The maximum absolute atomic E-state index is 12.7. The third kappa shape index (κ3) is 18.0. The van der Waals surface area contributed by atoms with Gasteiger partial charge in [-0.1, -0.05) is 154 Å². The summed E-state index contributed by atoms with van der Waals surface area (Å²) >= 11 is 0. The summed E-state index contributed by atoms with van der Waals surface area (Å²) in [5.74, 6) is -0.0814. The van der Waals surface area contributed by atoms with Gasteiger partial charge in [-0.3, -0.25) is 4.79 Å². The Balaban J connectivity index is 2.04. The predicted molar refractivity (Wildman–Crippen MR) is 156 cm³/mol. The fraction of sp³-hybridized carbons (Fsp3) is 0.750. The molecule has 37 heavy (non-hydrogen) atoms. The van der Waals surface area contributed by atoms with Gasteiger partial charge in [-0.05, 0) is 17.9 Å². The molecule has 2 N–H and O–H groups in total. The molecule has 1 rings (SSSR count). The number of hydrogen-bond donors (Lipinski definition) is 2. The molecule has 0 aliphatic rings. The first kappa shape index (κ1) is 33.0. The second-order valence-corrected chi connectivity index (χ2v) is 10.7. The average molecular weight is 517 g/mol. The van der Waals surface area contributed by atoms with Crippen LogP contribution in [0.1, 0.15) is 135 Å². The largest absolute Gasteiger partial charge is 0.445 e. The summed E-state index contributed by atoms with van der Waals surface area (Å²) in [5, 5.41) is 5.79. The lowest BCUT2D eigenvalue weighted by atomic mass is 9.98. The molecular weight excluding hydrogens is 460 g/mol. The van der Waals surface area contributed by atoms with Crippen molar-refractivity contribution in [3.63, 3.8) is 0 Å². The minimum atomic E-state index is -0.575. The van der Waals surface area contributed by atoms with E-state index in [4.69, 9.17) is 4.74 Å². The first-order valence-electron chi connectivity index (χ1n) is 15.3. The number of alkyl carbamates (subject to hydrolysis) is 1. The molecule has 5 heteroatoms. The van der Waals surface area contributed by atoms with Gasteiger partial charge in [-0.15, -0.1) is 0 Å². The zero-order valence-electron chi connectivity index (χ0n) is 24.2. The molecule has 0 radical (unpaired) electrons. The fourth-order valence-electron chi connectivity index (χ4n) is 4.59. The number of carbonyl (C=O) groups is 2. The summed E-state index contributed by atoms with van der Waals surface area (Å²) < 4.78 is 5.31. The second kappa shape index (κ2) is 23.1. The SMILES string of the molecule is CCCCCCCCCCCCCCCCCCNC(=O)[C@@H](NC(=O)OCc1ccccc1)C(C)CC. The molecule has 1 unspecified atom stereocenters. The third-order valence-electron chi connectivity index (χ3n) is 7.31. The van der Waals surface area contributed by atoms with Crippen LogP contribution in [0.15, 0.2) is 30.3 Å². The molecule has 0 saturated heterocycles. The van der Waals surface area contributed by atoms with Gasteiger partial charge in [0.15, 0.2) is 0 Å². The van der Waals surface area contributed by atoms with Crippen LogP contribution in [-0.2, 0) is 16.1 Å². The van der Waals surface area contributed by atoms with E-state index in [1.165, 1.54) is 89.9 Å². The highest BCUT2D eigenvalue weighted by Gasteiger charge is 2.26. The van der Waals surface area contributed by atoms with Crippen molar-refractivity contribution in [2.45, 2.75) is 143 Å². The third-order valence-corrected chi connectivity index (χ3v) is 7.31. The number of benzene rings is 1. The van der Waals surface area contributed by atoms with E-state index >= 15 is 0 Å². The normalized spacial score (nSPS) is 12.6. The van der Waals surface area contributed by atoms with E-state index in [1.54, 1.807) is 0 Å². The number of ether oxygens (including phenoxy) is 1. The van der Waals surface area contributed by atoms with Crippen molar-refractivity contribution in [2.75, 3.05) is 6.54 Å². The van der Waals surface area contributed by atoms with Crippen molar-refractivity contribution in [3.05, 3.63) is 35.9 Å².